The van der Waals surface area contributed by atoms with Crippen LogP contribution in [0.1, 0.15) is 16.7 Å². The van der Waals surface area contributed by atoms with Crippen molar-refractivity contribution in [1.82, 2.24) is 4.57 Å². The Bertz CT molecular complexity index is 562. The average molecular weight is 358 g/mol. The molecule has 0 atom stereocenters. The highest BCUT2D eigenvalue weighted by atomic mass is 127. The van der Waals surface area contributed by atoms with Gasteiger partial charge in [-0.05, 0) is 31.0 Å². The highest BCUT2D eigenvalue weighted by Gasteiger charge is 2.15. The van der Waals surface area contributed by atoms with Gasteiger partial charge in [-0.1, -0.05) is 6.07 Å². The van der Waals surface area contributed by atoms with E-state index in [1.807, 2.05) is 0 Å². The maximum absolute atomic E-state index is 2.28. The highest BCUT2D eigenvalue weighted by molar-refractivity contribution is 5.87. The maximum Gasteiger partial charge on any atom is 0.106 e. The van der Waals surface area contributed by atoms with E-state index in [0.29, 0.717) is 0 Å². The van der Waals surface area contributed by atoms with Crippen molar-refractivity contribution in [3.8, 4) is 0 Å². The van der Waals surface area contributed by atoms with E-state index in [1.54, 1.807) is 0 Å². The molecular formula is C15H23IN2. The van der Waals surface area contributed by atoms with Gasteiger partial charge >= 0.3 is 0 Å². The number of rotatable bonds is 2. The number of quaternary nitrogens is 1. The summed E-state index contributed by atoms with van der Waals surface area (Å²) in [6.07, 6.45) is 2.28. The van der Waals surface area contributed by atoms with Gasteiger partial charge in [0.2, 0.25) is 0 Å². The largest absolute Gasteiger partial charge is 1.00 e. The molecule has 0 saturated carbocycles. The molecule has 0 aliphatic carbocycles. The number of hydrogen-bond donors (Lipinski definition) is 0. The summed E-state index contributed by atoms with van der Waals surface area (Å²) >= 11 is 0. The van der Waals surface area contributed by atoms with Crippen molar-refractivity contribution in [3.63, 3.8) is 0 Å². The van der Waals surface area contributed by atoms with Crippen molar-refractivity contribution in [2.75, 3.05) is 21.1 Å². The van der Waals surface area contributed by atoms with Crippen LogP contribution in [0.3, 0.4) is 0 Å². The summed E-state index contributed by atoms with van der Waals surface area (Å²) in [5, 5.41) is 1.44. The lowest BCUT2D eigenvalue weighted by Gasteiger charge is -2.23. The predicted molar refractivity (Wildman–Crippen MR) is 74.1 cm³/mol. The summed E-state index contributed by atoms with van der Waals surface area (Å²) in [4.78, 5) is 0. The molecule has 1 aromatic heterocycles. The SMILES string of the molecule is Cc1cc(C)c2c(C[N+](C)(C)C)cn(C)c2c1.[I-]. The molecule has 0 fully saturated rings. The molecule has 0 bridgehead atoms. The van der Waals surface area contributed by atoms with E-state index in [0.717, 1.165) is 11.0 Å². The Kier molecular flexibility index (Phi) is 4.49. The van der Waals surface area contributed by atoms with Gasteiger partial charge in [-0.3, -0.25) is 0 Å². The number of nitrogens with zero attached hydrogens (tertiary/aromatic N) is 2. The first-order valence-corrected chi connectivity index (χ1v) is 6.13. The monoisotopic (exact) mass is 358 g/mol. The molecule has 0 spiro atoms. The Labute approximate surface area is 127 Å². The molecule has 0 aliphatic heterocycles. The Hall–Kier alpha value is -0.550. The van der Waals surface area contributed by atoms with Gasteiger partial charge < -0.3 is 33.0 Å². The molecule has 0 unspecified atom stereocenters. The molecule has 0 N–H and O–H groups in total. The zero-order chi connectivity index (χ0) is 12.8. The molecule has 1 heterocycles. The van der Waals surface area contributed by atoms with E-state index < -0.39 is 0 Å². The van der Waals surface area contributed by atoms with Gasteiger partial charge in [0, 0.05) is 29.7 Å². The van der Waals surface area contributed by atoms with Crippen LogP contribution in [0.4, 0.5) is 0 Å². The van der Waals surface area contributed by atoms with E-state index >= 15 is 0 Å². The van der Waals surface area contributed by atoms with Crippen molar-refractivity contribution in [3.05, 3.63) is 35.0 Å². The van der Waals surface area contributed by atoms with Crippen molar-refractivity contribution in [2.45, 2.75) is 20.4 Å². The van der Waals surface area contributed by atoms with Gasteiger partial charge in [0.15, 0.2) is 0 Å². The van der Waals surface area contributed by atoms with Crippen LogP contribution in [0.5, 0.6) is 0 Å². The number of halogens is 1. The van der Waals surface area contributed by atoms with Crippen LogP contribution in [0.2, 0.25) is 0 Å². The lowest BCUT2D eigenvalue weighted by molar-refractivity contribution is -0.883. The van der Waals surface area contributed by atoms with Gasteiger partial charge in [0.1, 0.15) is 6.54 Å². The van der Waals surface area contributed by atoms with Crippen molar-refractivity contribution >= 4 is 10.9 Å². The first-order valence-electron chi connectivity index (χ1n) is 6.13. The first-order chi connectivity index (χ1) is 7.78. The predicted octanol–water partition coefficient (Wildman–Crippen LogP) is 0.00534. The number of hydrogen-bond acceptors (Lipinski definition) is 0. The Morgan fingerprint density at radius 1 is 1.11 bits per heavy atom. The quantitative estimate of drug-likeness (QED) is 0.527. The summed E-state index contributed by atoms with van der Waals surface area (Å²) in [5.41, 5.74) is 5.54. The van der Waals surface area contributed by atoms with E-state index in [-0.39, 0.29) is 24.0 Å². The second-order valence-electron chi connectivity index (χ2n) is 6.19. The van der Waals surface area contributed by atoms with Gasteiger partial charge in [-0.2, -0.15) is 0 Å². The topological polar surface area (TPSA) is 4.93 Å². The van der Waals surface area contributed by atoms with Gasteiger partial charge in [-0.25, -0.2) is 0 Å². The minimum atomic E-state index is 0. The molecular weight excluding hydrogens is 335 g/mol. The number of fused-ring (bicyclic) bond motifs is 1. The van der Waals surface area contributed by atoms with E-state index in [9.17, 15) is 0 Å². The third kappa shape index (κ3) is 3.06. The zero-order valence-electron chi connectivity index (χ0n) is 12.2. The Morgan fingerprint density at radius 3 is 2.28 bits per heavy atom. The molecule has 1 aromatic carbocycles. The fourth-order valence-electron chi connectivity index (χ4n) is 2.64. The number of aryl methyl sites for hydroxylation is 3. The van der Waals surface area contributed by atoms with Crippen LogP contribution >= 0.6 is 0 Å². The molecule has 2 aromatic rings. The number of aromatic nitrogens is 1. The summed E-state index contributed by atoms with van der Waals surface area (Å²) < 4.78 is 3.22. The lowest BCUT2D eigenvalue weighted by Crippen LogP contribution is -3.00. The summed E-state index contributed by atoms with van der Waals surface area (Å²) in [6.45, 7) is 5.45. The zero-order valence-corrected chi connectivity index (χ0v) is 14.4. The minimum Gasteiger partial charge on any atom is -1.00 e. The average Bonchev–Trinajstić information content (AvgIpc) is 2.39. The van der Waals surface area contributed by atoms with Crippen molar-refractivity contribution in [2.24, 2.45) is 7.05 Å². The highest BCUT2D eigenvalue weighted by Crippen LogP contribution is 2.27. The molecule has 2 rings (SSSR count). The normalized spacial score (nSPS) is 11.7. The lowest BCUT2D eigenvalue weighted by atomic mass is 10.0. The maximum atomic E-state index is 2.28. The fourth-order valence-corrected chi connectivity index (χ4v) is 2.64. The van der Waals surface area contributed by atoms with Gasteiger partial charge in [0.25, 0.3) is 0 Å². The van der Waals surface area contributed by atoms with Crippen LogP contribution in [-0.4, -0.2) is 30.2 Å². The second kappa shape index (κ2) is 5.21. The van der Waals surface area contributed by atoms with Gasteiger partial charge in [-0.15, -0.1) is 0 Å². The second-order valence-corrected chi connectivity index (χ2v) is 6.19. The van der Waals surface area contributed by atoms with Crippen LogP contribution in [0.15, 0.2) is 18.3 Å². The summed E-state index contributed by atoms with van der Waals surface area (Å²) in [7, 11) is 8.85. The minimum absolute atomic E-state index is 0. The van der Waals surface area contributed by atoms with E-state index in [1.165, 1.54) is 27.6 Å². The molecule has 0 amide bonds. The van der Waals surface area contributed by atoms with Crippen LogP contribution in [-0.2, 0) is 13.6 Å². The van der Waals surface area contributed by atoms with E-state index in [2.05, 4.69) is 64.9 Å². The third-order valence-electron chi connectivity index (χ3n) is 3.15. The third-order valence-corrected chi connectivity index (χ3v) is 3.15. The molecule has 3 heteroatoms. The molecule has 0 radical (unpaired) electrons. The van der Waals surface area contributed by atoms with Crippen LogP contribution in [0, 0.1) is 13.8 Å². The smallest absolute Gasteiger partial charge is 0.106 e. The Balaban J connectivity index is 0.00000162. The number of benzene rings is 1. The summed E-state index contributed by atoms with van der Waals surface area (Å²) in [5.74, 6) is 0. The molecule has 0 saturated heterocycles. The molecule has 18 heavy (non-hydrogen) atoms. The standard InChI is InChI=1S/C15H23N2.HI/c1-11-7-12(2)15-13(10-17(4,5)6)9-16(3)14(15)8-11;/h7-9H,10H2,1-6H3;1H/q+1;/p-1. The first kappa shape index (κ1) is 15.5. The van der Waals surface area contributed by atoms with Crippen LogP contribution in [0.25, 0.3) is 10.9 Å². The van der Waals surface area contributed by atoms with Gasteiger partial charge in [0.05, 0.1) is 21.1 Å². The molecule has 2 nitrogen and oxygen atoms in total. The van der Waals surface area contributed by atoms with Crippen LogP contribution < -0.4 is 24.0 Å². The molecule has 0 aliphatic rings. The van der Waals surface area contributed by atoms with Crippen molar-refractivity contribution in [1.29, 1.82) is 0 Å². The summed E-state index contributed by atoms with van der Waals surface area (Å²) in [6, 6.07) is 4.56. The molecule has 100 valence electrons. The van der Waals surface area contributed by atoms with Crippen molar-refractivity contribution < 1.29 is 28.5 Å². The Morgan fingerprint density at radius 2 is 1.72 bits per heavy atom. The fraction of sp³-hybridized carbons (Fsp3) is 0.467. The van der Waals surface area contributed by atoms with E-state index in [4.69, 9.17) is 0 Å².